The molecule has 0 radical (unpaired) electrons. The lowest BCUT2D eigenvalue weighted by Gasteiger charge is -2.13. The van der Waals surface area contributed by atoms with Crippen LogP contribution in [0.3, 0.4) is 0 Å². The van der Waals surface area contributed by atoms with Crippen molar-refractivity contribution in [3.8, 4) is 0 Å². The molecule has 0 aliphatic rings. The molecule has 5 heteroatoms. The Bertz CT molecular complexity index is 548. The number of aromatic nitrogens is 2. The number of nitrogens with zero attached hydrogens (tertiary/aromatic N) is 1. The highest BCUT2D eigenvalue weighted by molar-refractivity contribution is 7.09. The molecule has 2 N–H and O–H groups in total. The number of thiophene rings is 1. The van der Waals surface area contributed by atoms with Gasteiger partial charge in [-0.1, -0.05) is 13.0 Å². The summed E-state index contributed by atoms with van der Waals surface area (Å²) in [5.41, 5.74) is -0.104. The van der Waals surface area contributed by atoms with Crippen molar-refractivity contribution in [2.45, 2.75) is 32.7 Å². The molecule has 2 aromatic heterocycles. The van der Waals surface area contributed by atoms with Crippen molar-refractivity contribution in [1.82, 2.24) is 9.97 Å². The van der Waals surface area contributed by atoms with Gasteiger partial charge in [-0.25, -0.2) is 4.98 Å². The summed E-state index contributed by atoms with van der Waals surface area (Å²) in [5.74, 6) is 1.37. The third kappa shape index (κ3) is 3.43. The van der Waals surface area contributed by atoms with Crippen molar-refractivity contribution in [2.75, 3.05) is 5.32 Å². The average molecular weight is 263 g/mol. The molecule has 0 bridgehead atoms. The van der Waals surface area contributed by atoms with Gasteiger partial charge in [0.05, 0.1) is 0 Å². The zero-order valence-corrected chi connectivity index (χ0v) is 11.4. The van der Waals surface area contributed by atoms with E-state index < -0.39 is 0 Å². The van der Waals surface area contributed by atoms with Crippen molar-refractivity contribution in [1.29, 1.82) is 0 Å². The molecule has 96 valence electrons. The molecule has 0 aliphatic carbocycles. The van der Waals surface area contributed by atoms with Gasteiger partial charge in [-0.15, -0.1) is 11.3 Å². The van der Waals surface area contributed by atoms with Crippen LogP contribution in [0.15, 0.2) is 28.4 Å². The summed E-state index contributed by atoms with van der Waals surface area (Å²) in [6, 6.07) is 5.92. The number of aryl methyl sites for hydroxylation is 1. The monoisotopic (exact) mass is 263 g/mol. The van der Waals surface area contributed by atoms with Gasteiger partial charge in [0.25, 0.3) is 5.56 Å². The molecule has 0 aromatic carbocycles. The summed E-state index contributed by atoms with van der Waals surface area (Å²) < 4.78 is 0. The summed E-state index contributed by atoms with van der Waals surface area (Å²) in [5, 5.41) is 5.34. The predicted octanol–water partition coefficient (Wildman–Crippen LogP) is 2.44. The molecular weight excluding hydrogens is 246 g/mol. The third-order valence-electron chi connectivity index (χ3n) is 2.61. The minimum Gasteiger partial charge on any atom is -0.367 e. The number of anilines is 1. The fourth-order valence-corrected chi connectivity index (χ4v) is 2.62. The van der Waals surface area contributed by atoms with Crippen LogP contribution in [0.1, 0.15) is 24.5 Å². The maximum atomic E-state index is 11.4. The molecule has 4 nitrogen and oxygen atoms in total. The number of rotatable bonds is 5. The van der Waals surface area contributed by atoms with Crippen LogP contribution in [0.4, 0.5) is 5.82 Å². The Morgan fingerprint density at radius 2 is 2.39 bits per heavy atom. The fraction of sp³-hybridized carbons (Fsp3) is 0.385. The second kappa shape index (κ2) is 5.82. The smallest absolute Gasteiger partial charge is 0.252 e. The number of aromatic amines is 1. The van der Waals surface area contributed by atoms with Gasteiger partial charge in [-0.05, 0) is 18.4 Å². The van der Waals surface area contributed by atoms with E-state index in [9.17, 15) is 4.79 Å². The molecule has 2 heterocycles. The van der Waals surface area contributed by atoms with E-state index in [0.29, 0.717) is 11.6 Å². The molecule has 2 aromatic rings. The number of hydrogen-bond acceptors (Lipinski definition) is 4. The van der Waals surface area contributed by atoms with E-state index in [1.807, 2.05) is 13.0 Å². The summed E-state index contributed by atoms with van der Waals surface area (Å²) in [4.78, 5) is 19.8. The maximum Gasteiger partial charge on any atom is 0.252 e. The van der Waals surface area contributed by atoms with Crippen LogP contribution in [0.5, 0.6) is 0 Å². The van der Waals surface area contributed by atoms with Crippen molar-refractivity contribution in [3.05, 3.63) is 44.6 Å². The molecule has 0 amide bonds. The van der Waals surface area contributed by atoms with Gasteiger partial charge in [0, 0.05) is 29.8 Å². The van der Waals surface area contributed by atoms with Gasteiger partial charge in [-0.2, -0.15) is 0 Å². The lowest BCUT2D eigenvalue weighted by Crippen LogP contribution is -2.21. The topological polar surface area (TPSA) is 57.8 Å². The van der Waals surface area contributed by atoms with Crippen LogP contribution in [-0.2, 0) is 12.8 Å². The van der Waals surface area contributed by atoms with Gasteiger partial charge < -0.3 is 10.3 Å². The van der Waals surface area contributed by atoms with Crippen molar-refractivity contribution in [3.63, 3.8) is 0 Å². The molecule has 2 rings (SSSR count). The summed E-state index contributed by atoms with van der Waals surface area (Å²) in [6.07, 6.45) is 1.66. The SMILES string of the molecule is CCc1nc(NC(C)Cc2cccs2)cc(=O)[nH]1. The van der Waals surface area contributed by atoms with Gasteiger partial charge in [0.15, 0.2) is 0 Å². The first-order chi connectivity index (χ1) is 8.67. The molecule has 0 fully saturated rings. The summed E-state index contributed by atoms with van der Waals surface area (Å²) in [7, 11) is 0. The largest absolute Gasteiger partial charge is 0.367 e. The first kappa shape index (κ1) is 12.8. The number of hydrogen-bond donors (Lipinski definition) is 2. The van der Waals surface area contributed by atoms with Crippen molar-refractivity contribution < 1.29 is 0 Å². The van der Waals surface area contributed by atoms with E-state index >= 15 is 0 Å². The van der Waals surface area contributed by atoms with Gasteiger partial charge in [-0.3, -0.25) is 4.79 Å². The van der Waals surface area contributed by atoms with E-state index in [0.717, 1.165) is 12.8 Å². The Balaban J connectivity index is 2.04. The molecule has 0 aliphatic heterocycles. The van der Waals surface area contributed by atoms with Crippen LogP contribution >= 0.6 is 11.3 Å². The first-order valence-corrected chi connectivity index (χ1v) is 6.94. The highest BCUT2D eigenvalue weighted by Gasteiger charge is 2.06. The van der Waals surface area contributed by atoms with Crippen LogP contribution < -0.4 is 10.9 Å². The highest BCUT2D eigenvalue weighted by atomic mass is 32.1. The maximum absolute atomic E-state index is 11.4. The van der Waals surface area contributed by atoms with Crippen LogP contribution in [0.2, 0.25) is 0 Å². The molecule has 1 unspecified atom stereocenters. The lowest BCUT2D eigenvalue weighted by atomic mass is 10.2. The lowest BCUT2D eigenvalue weighted by molar-refractivity contribution is 0.787. The van der Waals surface area contributed by atoms with Crippen LogP contribution in [0, 0.1) is 0 Å². The molecule has 0 saturated carbocycles. The third-order valence-corrected chi connectivity index (χ3v) is 3.51. The Morgan fingerprint density at radius 3 is 3.06 bits per heavy atom. The molecular formula is C13H17N3OS. The number of H-pyrrole nitrogens is 1. The zero-order chi connectivity index (χ0) is 13.0. The van der Waals surface area contributed by atoms with Gasteiger partial charge in [0.2, 0.25) is 0 Å². The van der Waals surface area contributed by atoms with Crippen molar-refractivity contribution in [2.24, 2.45) is 0 Å². The van der Waals surface area contributed by atoms with Gasteiger partial charge >= 0.3 is 0 Å². The summed E-state index contributed by atoms with van der Waals surface area (Å²) >= 11 is 1.74. The Labute approximate surface area is 110 Å². The quantitative estimate of drug-likeness (QED) is 0.871. The van der Waals surface area contributed by atoms with E-state index in [2.05, 4.69) is 33.7 Å². The van der Waals surface area contributed by atoms with E-state index in [-0.39, 0.29) is 11.6 Å². The van der Waals surface area contributed by atoms with Crippen LogP contribution in [0.25, 0.3) is 0 Å². The molecule has 0 saturated heterocycles. The predicted molar refractivity (Wildman–Crippen MR) is 75.3 cm³/mol. The Morgan fingerprint density at radius 1 is 1.56 bits per heavy atom. The van der Waals surface area contributed by atoms with E-state index in [1.54, 1.807) is 11.3 Å². The van der Waals surface area contributed by atoms with Crippen LogP contribution in [-0.4, -0.2) is 16.0 Å². The minimum absolute atomic E-state index is 0.104. The van der Waals surface area contributed by atoms with E-state index in [1.165, 1.54) is 10.9 Å². The Hall–Kier alpha value is -1.62. The highest BCUT2D eigenvalue weighted by Crippen LogP contribution is 2.13. The van der Waals surface area contributed by atoms with E-state index in [4.69, 9.17) is 0 Å². The molecule has 0 spiro atoms. The fourth-order valence-electron chi connectivity index (χ4n) is 1.78. The molecule has 18 heavy (non-hydrogen) atoms. The summed E-state index contributed by atoms with van der Waals surface area (Å²) in [6.45, 7) is 4.06. The number of nitrogens with one attached hydrogen (secondary N) is 2. The second-order valence-electron chi connectivity index (χ2n) is 4.26. The Kier molecular flexibility index (Phi) is 4.15. The normalized spacial score (nSPS) is 12.3. The van der Waals surface area contributed by atoms with Gasteiger partial charge in [0.1, 0.15) is 11.6 Å². The zero-order valence-electron chi connectivity index (χ0n) is 10.6. The minimum atomic E-state index is -0.104. The molecule has 1 atom stereocenters. The standard InChI is InChI=1S/C13H17N3OS/c1-3-11-15-12(8-13(17)16-11)14-9(2)7-10-5-4-6-18-10/h4-6,8-9H,3,7H2,1-2H3,(H2,14,15,16,17). The average Bonchev–Trinajstić information content (AvgIpc) is 2.80. The van der Waals surface area contributed by atoms with Crippen molar-refractivity contribution >= 4 is 17.2 Å². The first-order valence-electron chi connectivity index (χ1n) is 6.06. The second-order valence-corrected chi connectivity index (χ2v) is 5.29.